The molecule has 0 aliphatic carbocycles. The average Bonchev–Trinajstić information content (AvgIpc) is 2.91. The van der Waals surface area contributed by atoms with Crippen LogP contribution in [0.3, 0.4) is 0 Å². The largest absolute Gasteiger partial charge is 0.369 e. The molecule has 3 rings (SSSR count). The monoisotopic (exact) mass is 333 g/mol. The number of nitrogens with two attached hydrogens (primary N) is 1. The van der Waals surface area contributed by atoms with Crippen molar-refractivity contribution < 1.29 is 4.79 Å². The van der Waals surface area contributed by atoms with E-state index in [0.717, 1.165) is 41.4 Å². The number of likely N-dealkylation sites (tertiary alicyclic amines) is 1. The molecular weight excluding hydrogens is 318 g/mol. The number of hydrogen-bond donors (Lipinski definition) is 1. The fourth-order valence-corrected chi connectivity index (χ4v) is 3.23. The number of carbonyl (C=O) groups excluding carboxylic acids is 1. The van der Waals surface area contributed by atoms with Gasteiger partial charge < -0.3 is 5.73 Å². The Balaban J connectivity index is 1.85. The first-order chi connectivity index (χ1) is 9.65. The molecule has 1 aromatic carbocycles. The van der Waals surface area contributed by atoms with E-state index in [9.17, 15) is 4.79 Å². The predicted octanol–water partition coefficient (Wildman–Crippen LogP) is 2.30. The fraction of sp³-hybridized carbons (Fsp3) is 0.333. The number of aromatic nitrogens is 1. The third-order valence-electron chi connectivity index (χ3n) is 3.87. The van der Waals surface area contributed by atoms with Gasteiger partial charge in [0.05, 0.1) is 11.4 Å². The van der Waals surface area contributed by atoms with Crippen LogP contribution in [-0.2, 0) is 11.3 Å². The minimum Gasteiger partial charge on any atom is -0.369 e. The van der Waals surface area contributed by atoms with Crippen LogP contribution >= 0.6 is 15.9 Å². The zero-order chi connectivity index (χ0) is 14.1. The molecule has 1 aliphatic heterocycles. The minimum atomic E-state index is -0.189. The van der Waals surface area contributed by atoms with Gasteiger partial charge in [0.1, 0.15) is 0 Å². The van der Waals surface area contributed by atoms with E-state index >= 15 is 0 Å². The maximum Gasteiger partial charge on any atom is 0.221 e. The molecular formula is C15H16BrN3O. The van der Waals surface area contributed by atoms with E-state index in [4.69, 9.17) is 5.73 Å². The predicted molar refractivity (Wildman–Crippen MR) is 82.0 cm³/mol. The van der Waals surface area contributed by atoms with Gasteiger partial charge in [-0.2, -0.15) is 0 Å². The summed E-state index contributed by atoms with van der Waals surface area (Å²) in [5.41, 5.74) is 7.59. The van der Waals surface area contributed by atoms with E-state index in [1.54, 1.807) is 0 Å². The summed E-state index contributed by atoms with van der Waals surface area (Å²) in [6.07, 6.45) is 2.67. The Kier molecular flexibility index (Phi) is 3.72. The molecule has 1 amide bonds. The van der Waals surface area contributed by atoms with Crippen LogP contribution in [0.1, 0.15) is 12.0 Å². The summed E-state index contributed by atoms with van der Waals surface area (Å²) in [5.74, 6) is -0.198. The van der Waals surface area contributed by atoms with Gasteiger partial charge in [0, 0.05) is 29.1 Å². The van der Waals surface area contributed by atoms with Crippen molar-refractivity contribution in [2.45, 2.75) is 13.0 Å². The van der Waals surface area contributed by atoms with Crippen molar-refractivity contribution >= 4 is 32.7 Å². The molecule has 5 heteroatoms. The number of benzene rings is 1. The van der Waals surface area contributed by atoms with Crippen molar-refractivity contribution in [3.05, 3.63) is 40.5 Å². The number of pyridine rings is 1. The summed E-state index contributed by atoms with van der Waals surface area (Å²) < 4.78 is 1.06. The SMILES string of the molecule is NC(=O)C1CCN(Cc2ccc(Br)c3cccnc23)C1. The smallest absolute Gasteiger partial charge is 0.221 e. The normalized spacial score (nSPS) is 19.6. The highest BCUT2D eigenvalue weighted by atomic mass is 79.9. The second-order valence-corrected chi connectivity index (χ2v) is 6.08. The number of halogens is 1. The van der Waals surface area contributed by atoms with E-state index in [0.29, 0.717) is 0 Å². The molecule has 0 bridgehead atoms. The molecule has 1 unspecified atom stereocenters. The Bertz CT molecular complexity index is 659. The highest BCUT2D eigenvalue weighted by molar-refractivity contribution is 9.10. The highest BCUT2D eigenvalue weighted by Gasteiger charge is 2.26. The maximum atomic E-state index is 11.2. The third kappa shape index (κ3) is 2.55. The van der Waals surface area contributed by atoms with Gasteiger partial charge in [-0.3, -0.25) is 14.7 Å². The van der Waals surface area contributed by atoms with Crippen LogP contribution in [0.25, 0.3) is 10.9 Å². The van der Waals surface area contributed by atoms with E-state index < -0.39 is 0 Å². The van der Waals surface area contributed by atoms with Crippen LogP contribution < -0.4 is 5.73 Å². The molecule has 0 spiro atoms. The molecule has 1 atom stereocenters. The molecule has 20 heavy (non-hydrogen) atoms. The van der Waals surface area contributed by atoms with Crippen LogP contribution in [0.5, 0.6) is 0 Å². The van der Waals surface area contributed by atoms with Crippen molar-refractivity contribution in [1.29, 1.82) is 0 Å². The molecule has 1 fully saturated rings. The van der Waals surface area contributed by atoms with Crippen molar-refractivity contribution in [2.75, 3.05) is 13.1 Å². The number of carbonyl (C=O) groups is 1. The van der Waals surface area contributed by atoms with Crippen LogP contribution in [0, 0.1) is 5.92 Å². The summed E-state index contributed by atoms with van der Waals surface area (Å²) >= 11 is 3.56. The second kappa shape index (κ2) is 5.50. The minimum absolute atomic E-state index is 0.00956. The molecule has 1 aliphatic rings. The fourth-order valence-electron chi connectivity index (χ4n) is 2.77. The van der Waals surface area contributed by atoms with E-state index in [1.165, 1.54) is 5.56 Å². The lowest BCUT2D eigenvalue weighted by Gasteiger charge is -2.16. The Labute approximate surface area is 126 Å². The van der Waals surface area contributed by atoms with Crippen LogP contribution in [0.4, 0.5) is 0 Å². The number of hydrogen-bond acceptors (Lipinski definition) is 3. The quantitative estimate of drug-likeness (QED) is 0.937. The molecule has 0 radical (unpaired) electrons. The van der Waals surface area contributed by atoms with Gasteiger partial charge in [0.2, 0.25) is 5.91 Å². The van der Waals surface area contributed by atoms with Crippen LogP contribution in [-0.4, -0.2) is 28.9 Å². The zero-order valence-electron chi connectivity index (χ0n) is 11.1. The number of rotatable bonds is 3. The number of fused-ring (bicyclic) bond motifs is 1. The van der Waals surface area contributed by atoms with E-state index in [1.807, 2.05) is 12.3 Å². The second-order valence-electron chi connectivity index (χ2n) is 5.23. The van der Waals surface area contributed by atoms with Gasteiger partial charge in [-0.25, -0.2) is 0 Å². The lowest BCUT2D eigenvalue weighted by atomic mass is 10.1. The van der Waals surface area contributed by atoms with Gasteiger partial charge in [0.15, 0.2) is 0 Å². The van der Waals surface area contributed by atoms with Gasteiger partial charge in [-0.1, -0.05) is 28.1 Å². The summed E-state index contributed by atoms with van der Waals surface area (Å²) in [6.45, 7) is 2.47. The molecule has 2 aromatic rings. The molecule has 2 N–H and O–H groups in total. The number of amides is 1. The first kappa shape index (κ1) is 13.5. The zero-order valence-corrected chi connectivity index (χ0v) is 12.6. The van der Waals surface area contributed by atoms with Crippen molar-refractivity contribution in [3.63, 3.8) is 0 Å². The molecule has 1 aromatic heterocycles. The first-order valence-electron chi connectivity index (χ1n) is 6.69. The van der Waals surface area contributed by atoms with Crippen molar-refractivity contribution in [2.24, 2.45) is 11.7 Å². The van der Waals surface area contributed by atoms with Crippen LogP contribution in [0.2, 0.25) is 0 Å². The number of primary amides is 1. The standard InChI is InChI=1S/C15H16BrN3O/c16-13-4-3-10(14-12(13)2-1-6-18-14)8-19-7-5-11(9-19)15(17)20/h1-4,6,11H,5,7-9H2,(H2,17,20). The van der Waals surface area contributed by atoms with Gasteiger partial charge in [-0.05, 0) is 30.7 Å². The summed E-state index contributed by atoms with van der Waals surface area (Å²) in [4.78, 5) is 18.0. The Morgan fingerprint density at radius 3 is 3.05 bits per heavy atom. The highest BCUT2D eigenvalue weighted by Crippen LogP contribution is 2.27. The Morgan fingerprint density at radius 2 is 2.30 bits per heavy atom. The van der Waals surface area contributed by atoms with E-state index in [2.05, 4.69) is 44.0 Å². The van der Waals surface area contributed by atoms with Gasteiger partial charge in [0.25, 0.3) is 0 Å². The first-order valence-corrected chi connectivity index (χ1v) is 7.48. The maximum absolute atomic E-state index is 11.2. The summed E-state index contributed by atoms with van der Waals surface area (Å²) in [5, 5.41) is 1.12. The van der Waals surface area contributed by atoms with Crippen LogP contribution in [0.15, 0.2) is 34.9 Å². The topological polar surface area (TPSA) is 59.2 Å². The van der Waals surface area contributed by atoms with Gasteiger partial charge in [-0.15, -0.1) is 0 Å². The molecule has 2 heterocycles. The lowest BCUT2D eigenvalue weighted by Crippen LogP contribution is -2.27. The Hall–Kier alpha value is -1.46. The summed E-state index contributed by atoms with van der Waals surface area (Å²) in [7, 11) is 0. The van der Waals surface area contributed by atoms with Crippen molar-refractivity contribution in [3.8, 4) is 0 Å². The van der Waals surface area contributed by atoms with Crippen molar-refractivity contribution in [1.82, 2.24) is 9.88 Å². The molecule has 1 saturated heterocycles. The number of nitrogens with zero attached hydrogens (tertiary/aromatic N) is 2. The lowest BCUT2D eigenvalue weighted by molar-refractivity contribution is -0.121. The van der Waals surface area contributed by atoms with Gasteiger partial charge >= 0.3 is 0 Å². The summed E-state index contributed by atoms with van der Waals surface area (Å²) in [6, 6.07) is 8.15. The average molecular weight is 334 g/mol. The third-order valence-corrected chi connectivity index (χ3v) is 4.56. The molecule has 0 saturated carbocycles. The molecule has 104 valence electrons. The molecule has 4 nitrogen and oxygen atoms in total. The Morgan fingerprint density at radius 1 is 1.45 bits per heavy atom. The van der Waals surface area contributed by atoms with E-state index in [-0.39, 0.29) is 11.8 Å².